The Morgan fingerprint density at radius 1 is 0.812 bits per heavy atom. The number of aryl methyl sites for hydroxylation is 1. The van der Waals surface area contributed by atoms with Gasteiger partial charge in [0.05, 0.1) is 22.9 Å². The summed E-state index contributed by atoms with van der Waals surface area (Å²) in [7, 11) is 0. The summed E-state index contributed by atoms with van der Waals surface area (Å²) in [6.07, 6.45) is 4.13. The topological polar surface area (TPSA) is 91.8 Å². The number of hydrogen-bond acceptors (Lipinski definition) is 5. The van der Waals surface area contributed by atoms with Crippen LogP contribution in [0, 0.1) is 30.6 Å². The van der Waals surface area contributed by atoms with Crippen molar-refractivity contribution in [2.24, 2.45) is 23.7 Å². The van der Waals surface area contributed by atoms with Crippen LogP contribution in [0.3, 0.4) is 0 Å². The number of carbonyl (C=O) groups is 4. The third kappa shape index (κ3) is 4.32. The lowest BCUT2D eigenvalue weighted by Crippen LogP contribution is -2.58. The van der Waals surface area contributed by atoms with Gasteiger partial charge in [0.1, 0.15) is 5.75 Å². The van der Waals surface area contributed by atoms with Gasteiger partial charge in [-0.25, -0.2) is 0 Å². The molecule has 6 nitrogen and oxygen atoms in total. The van der Waals surface area contributed by atoms with E-state index in [1.807, 2.05) is 85.8 Å². The molecule has 4 aromatic rings. The van der Waals surface area contributed by atoms with Gasteiger partial charge in [-0.15, -0.1) is 0 Å². The minimum Gasteiger partial charge on any atom is -0.508 e. The Bertz CT molecular complexity index is 2070. The second kappa shape index (κ2) is 11.3. The molecule has 3 aliphatic carbocycles. The zero-order valence-electron chi connectivity index (χ0n) is 26.2. The molecule has 0 radical (unpaired) electrons. The molecule has 0 unspecified atom stereocenters. The zero-order chi connectivity index (χ0) is 33.3. The fourth-order valence-electron chi connectivity index (χ4n) is 8.95. The van der Waals surface area contributed by atoms with Gasteiger partial charge < -0.3 is 5.11 Å². The van der Waals surface area contributed by atoms with Crippen molar-refractivity contribution in [1.82, 2.24) is 0 Å². The molecule has 2 amide bonds. The van der Waals surface area contributed by atoms with E-state index >= 15 is 4.79 Å². The van der Waals surface area contributed by atoms with Crippen LogP contribution in [-0.2, 0) is 24.6 Å². The summed E-state index contributed by atoms with van der Waals surface area (Å²) >= 11 is 6.13. The minimum absolute atomic E-state index is 0.126. The average molecular weight is 654 g/mol. The van der Waals surface area contributed by atoms with Crippen molar-refractivity contribution in [2.75, 3.05) is 4.90 Å². The molecule has 1 N–H and O–H groups in total. The Labute approximate surface area is 283 Å². The maximum absolute atomic E-state index is 15.1. The van der Waals surface area contributed by atoms with Crippen LogP contribution in [0.1, 0.15) is 41.0 Å². The van der Waals surface area contributed by atoms with Crippen molar-refractivity contribution in [3.63, 3.8) is 0 Å². The highest BCUT2D eigenvalue weighted by Crippen LogP contribution is 2.63. The SMILES string of the molecule is Cc1cc([C@H]2C3=CC[C@@H]4C(=O)N(c5ccc(Cl)cc5)C(=O)[C@@H]4[C@@H]3C[C@H]3C(=O)C(c4ccccc4)=CC(=O)[C@@]23c2ccccc2)ccc1O. The summed E-state index contributed by atoms with van der Waals surface area (Å²) in [6, 6.07) is 30.7. The largest absolute Gasteiger partial charge is 0.508 e. The molecule has 1 heterocycles. The fraction of sp³-hybridized carbons (Fsp3) is 0.220. The van der Waals surface area contributed by atoms with Crippen molar-refractivity contribution in [3.8, 4) is 5.75 Å². The number of phenols is 1. The highest BCUT2D eigenvalue weighted by molar-refractivity contribution is 6.32. The molecular formula is C41H32ClNO5. The molecule has 0 bridgehead atoms. The van der Waals surface area contributed by atoms with Gasteiger partial charge in [0.25, 0.3) is 0 Å². The summed E-state index contributed by atoms with van der Waals surface area (Å²) in [4.78, 5) is 59.7. The van der Waals surface area contributed by atoms with E-state index in [0.717, 1.165) is 16.7 Å². The number of fused-ring (bicyclic) bond motifs is 4. The number of Topliss-reactive ketones (excluding diaryl/α,β-unsaturated/α-hetero) is 1. The lowest BCUT2D eigenvalue weighted by atomic mass is 9.44. The maximum Gasteiger partial charge on any atom is 0.238 e. The van der Waals surface area contributed by atoms with Crippen LogP contribution < -0.4 is 4.90 Å². The van der Waals surface area contributed by atoms with Crippen molar-refractivity contribution < 1.29 is 24.3 Å². The molecule has 7 heteroatoms. The van der Waals surface area contributed by atoms with E-state index in [9.17, 15) is 19.5 Å². The predicted molar refractivity (Wildman–Crippen MR) is 183 cm³/mol. The number of carbonyl (C=O) groups excluding carboxylic acids is 4. The van der Waals surface area contributed by atoms with Gasteiger partial charge in [0.2, 0.25) is 11.8 Å². The first kappa shape index (κ1) is 30.3. The first-order valence-corrected chi connectivity index (χ1v) is 16.6. The number of nitrogens with zero attached hydrogens (tertiary/aromatic N) is 1. The van der Waals surface area contributed by atoms with Gasteiger partial charge in [-0.3, -0.25) is 24.1 Å². The Hall–Kier alpha value is -5.07. The quantitative estimate of drug-likeness (QED) is 0.183. The van der Waals surface area contributed by atoms with Crippen molar-refractivity contribution >= 4 is 46.2 Å². The second-order valence-corrected chi connectivity index (χ2v) is 13.8. The molecule has 1 aliphatic heterocycles. The molecule has 48 heavy (non-hydrogen) atoms. The standard InChI is InChI=1S/C41H32ClNO5/c1-23-20-25(12-19-34(23)44)37-29-17-18-30-36(40(48)43(39(30)47)28-15-13-27(42)14-16-28)32(29)21-33-38(46)31(24-8-4-2-5-9-24)22-35(45)41(33,37)26-10-6-3-7-11-26/h2-17,19-20,22,30,32-33,36-37,44H,18,21H2,1H3/t30-,32+,33-,36-,37-,41-/m0/s1. The second-order valence-electron chi connectivity index (χ2n) is 13.3. The number of imide groups is 1. The molecule has 8 rings (SSSR count). The molecule has 238 valence electrons. The van der Waals surface area contributed by atoms with Crippen molar-refractivity contribution in [1.29, 1.82) is 0 Å². The number of hydrogen-bond donors (Lipinski definition) is 1. The average Bonchev–Trinajstić information content (AvgIpc) is 3.36. The lowest BCUT2D eigenvalue weighted by molar-refractivity contribution is -0.135. The Morgan fingerprint density at radius 3 is 2.19 bits per heavy atom. The Kier molecular flexibility index (Phi) is 7.11. The molecular weight excluding hydrogens is 622 g/mol. The van der Waals surface area contributed by atoms with Crippen LogP contribution in [0.2, 0.25) is 5.02 Å². The number of allylic oxidation sites excluding steroid dienone is 4. The summed E-state index contributed by atoms with van der Waals surface area (Å²) < 4.78 is 0. The zero-order valence-corrected chi connectivity index (χ0v) is 26.9. The summed E-state index contributed by atoms with van der Waals surface area (Å²) in [5.74, 6) is -3.97. The fourth-order valence-corrected chi connectivity index (χ4v) is 9.08. The van der Waals surface area contributed by atoms with Crippen LogP contribution >= 0.6 is 11.6 Å². The van der Waals surface area contributed by atoms with Crippen LogP contribution in [0.15, 0.2) is 121 Å². The van der Waals surface area contributed by atoms with E-state index in [1.54, 1.807) is 30.3 Å². The lowest BCUT2D eigenvalue weighted by Gasteiger charge is -2.55. The minimum atomic E-state index is -1.31. The highest BCUT2D eigenvalue weighted by Gasteiger charge is 2.66. The first-order chi connectivity index (χ1) is 23.2. The number of amides is 2. The maximum atomic E-state index is 15.1. The van der Waals surface area contributed by atoms with Gasteiger partial charge in [0, 0.05) is 22.4 Å². The first-order valence-electron chi connectivity index (χ1n) is 16.3. The third-order valence-corrected chi connectivity index (χ3v) is 11.3. The monoisotopic (exact) mass is 653 g/mol. The van der Waals surface area contributed by atoms with E-state index in [0.29, 0.717) is 33.8 Å². The van der Waals surface area contributed by atoms with E-state index in [1.165, 1.54) is 11.0 Å². The van der Waals surface area contributed by atoms with E-state index in [2.05, 4.69) is 0 Å². The normalized spacial score (nSPS) is 28.0. The molecule has 1 saturated carbocycles. The van der Waals surface area contributed by atoms with Crippen molar-refractivity contribution in [2.45, 2.75) is 31.1 Å². The van der Waals surface area contributed by atoms with E-state index in [4.69, 9.17) is 11.6 Å². The van der Waals surface area contributed by atoms with E-state index < -0.39 is 35.0 Å². The third-order valence-electron chi connectivity index (χ3n) is 11.0. The Morgan fingerprint density at radius 2 is 1.50 bits per heavy atom. The molecule has 4 aliphatic rings. The molecule has 2 fully saturated rings. The van der Waals surface area contributed by atoms with Crippen LogP contribution in [0.4, 0.5) is 5.69 Å². The molecule has 0 aromatic heterocycles. The number of benzene rings is 4. The predicted octanol–water partition coefficient (Wildman–Crippen LogP) is 7.38. The summed E-state index contributed by atoms with van der Waals surface area (Å²) in [5, 5.41) is 11.0. The molecule has 0 spiro atoms. The van der Waals surface area contributed by atoms with Crippen LogP contribution in [-0.4, -0.2) is 28.5 Å². The summed E-state index contributed by atoms with van der Waals surface area (Å²) in [5.41, 5.74) is 3.20. The number of anilines is 1. The number of rotatable bonds is 4. The number of phenolic OH excluding ortho intramolecular Hbond substituents is 1. The molecule has 6 atom stereocenters. The number of aromatic hydroxyl groups is 1. The van der Waals surface area contributed by atoms with Crippen molar-refractivity contribution in [3.05, 3.63) is 148 Å². The van der Waals surface area contributed by atoms with Gasteiger partial charge in [-0.05, 0) is 84.3 Å². The highest BCUT2D eigenvalue weighted by atomic mass is 35.5. The Balaban J connectivity index is 1.36. The van der Waals surface area contributed by atoms with Gasteiger partial charge in [0.15, 0.2) is 11.6 Å². The van der Waals surface area contributed by atoms with Gasteiger partial charge >= 0.3 is 0 Å². The van der Waals surface area contributed by atoms with E-state index in [-0.39, 0.29) is 35.6 Å². The number of halogens is 1. The van der Waals surface area contributed by atoms with Gasteiger partial charge in [-0.1, -0.05) is 96.0 Å². The molecule has 1 saturated heterocycles. The smallest absolute Gasteiger partial charge is 0.238 e. The van der Waals surface area contributed by atoms with Crippen LogP contribution in [0.25, 0.3) is 5.57 Å². The number of ketones is 2. The van der Waals surface area contributed by atoms with Gasteiger partial charge in [-0.2, -0.15) is 0 Å². The molecule has 4 aromatic carbocycles. The summed E-state index contributed by atoms with van der Waals surface area (Å²) in [6.45, 7) is 1.81. The van der Waals surface area contributed by atoms with Crippen LogP contribution in [0.5, 0.6) is 5.75 Å².